The summed E-state index contributed by atoms with van der Waals surface area (Å²) < 4.78 is 0. The molecule has 3 aliphatic rings. The van der Waals surface area contributed by atoms with Crippen LogP contribution in [0.15, 0.2) is 0 Å². The summed E-state index contributed by atoms with van der Waals surface area (Å²) in [6.45, 7) is 7.45. The fraction of sp³-hybridized carbons (Fsp3) is 1.00. The molecule has 3 aliphatic carbocycles. The summed E-state index contributed by atoms with van der Waals surface area (Å²) in [5.41, 5.74) is 0.649. The van der Waals surface area contributed by atoms with E-state index in [0.29, 0.717) is 5.41 Å². The van der Waals surface area contributed by atoms with Crippen molar-refractivity contribution >= 4 is 0 Å². The van der Waals surface area contributed by atoms with Crippen LogP contribution in [0.25, 0.3) is 0 Å². The highest BCUT2D eigenvalue weighted by atomic mass is 14.4. The van der Waals surface area contributed by atoms with E-state index < -0.39 is 0 Å². The molecule has 0 aromatic carbocycles. The van der Waals surface area contributed by atoms with E-state index in [1.54, 1.807) is 0 Å². The Morgan fingerprint density at radius 2 is 1.27 bits per heavy atom. The molecule has 0 radical (unpaired) electrons. The molecule has 0 unspecified atom stereocenters. The zero-order chi connectivity index (χ0) is 10.9. The van der Waals surface area contributed by atoms with Crippen molar-refractivity contribution in [3.8, 4) is 0 Å². The first-order valence-corrected chi connectivity index (χ1v) is 7.10. The summed E-state index contributed by atoms with van der Waals surface area (Å²) in [7, 11) is 0. The minimum Gasteiger partial charge on any atom is -0.0623 e. The van der Waals surface area contributed by atoms with Gasteiger partial charge in [0.2, 0.25) is 0 Å². The minimum atomic E-state index is 0.649. The first kappa shape index (κ1) is 11.5. The van der Waals surface area contributed by atoms with Crippen LogP contribution in [-0.4, -0.2) is 0 Å². The van der Waals surface area contributed by atoms with Crippen molar-refractivity contribution < 1.29 is 0 Å². The molecule has 0 spiro atoms. The Balaban J connectivity index is 2.15. The smallest absolute Gasteiger partial charge is 0.0298 e. The van der Waals surface area contributed by atoms with Crippen LogP contribution in [0.2, 0.25) is 0 Å². The normalized spacial score (nSPS) is 42.4. The number of rotatable bonds is 1. The van der Waals surface area contributed by atoms with Gasteiger partial charge in [-0.3, -0.25) is 0 Å². The van der Waals surface area contributed by atoms with Crippen molar-refractivity contribution in [1.29, 1.82) is 0 Å². The Labute approximate surface area is 95.8 Å². The molecule has 2 bridgehead atoms. The van der Waals surface area contributed by atoms with E-state index in [-0.39, 0.29) is 0 Å². The van der Waals surface area contributed by atoms with Crippen molar-refractivity contribution in [2.75, 3.05) is 0 Å². The fourth-order valence-electron chi connectivity index (χ4n) is 3.96. The van der Waals surface area contributed by atoms with Gasteiger partial charge in [0, 0.05) is 0 Å². The summed E-state index contributed by atoms with van der Waals surface area (Å²) in [6.07, 6.45) is 12.2. The zero-order valence-corrected chi connectivity index (χ0v) is 10.9. The van der Waals surface area contributed by atoms with Crippen LogP contribution in [0, 0.1) is 23.2 Å². The van der Waals surface area contributed by atoms with Crippen LogP contribution >= 0.6 is 0 Å². The molecule has 15 heavy (non-hydrogen) atoms. The summed E-state index contributed by atoms with van der Waals surface area (Å²) in [6, 6.07) is 0. The third-order valence-electron chi connectivity index (χ3n) is 5.35. The molecule has 3 saturated carbocycles. The van der Waals surface area contributed by atoms with Gasteiger partial charge >= 0.3 is 0 Å². The predicted molar refractivity (Wildman–Crippen MR) is 66.9 cm³/mol. The van der Waals surface area contributed by atoms with E-state index in [4.69, 9.17) is 0 Å². The van der Waals surface area contributed by atoms with Crippen molar-refractivity contribution in [3.63, 3.8) is 0 Å². The first-order valence-electron chi connectivity index (χ1n) is 7.10. The maximum Gasteiger partial charge on any atom is -0.0298 e. The monoisotopic (exact) mass is 208 g/mol. The van der Waals surface area contributed by atoms with Gasteiger partial charge in [0.1, 0.15) is 0 Å². The van der Waals surface area contributed by atoms with Gasteiger partial charge in [0.05, 0.1) is 0 Å². The Hall–Kier alpha value is 0. The second-order valence-electron chi connectivity index (χ2n) is 6.81. The lowest BCUT2D eigenvalue weighted by Crippen LogP contribution is -2.33. The maximum absolute atomic E-state index is 2.56. The Morgan fingerprint density at radius 1 is 0.867 bits per heavy atom. The molecular weight excluding hydrogens is 180 g/mol. The van der Waals surface area contributed by atoms with Crippen molar-refractivity contribution in [2.24, 2.45) is 23.2 Å². The Kier molecular flexibility index (Phi) is 3.42. The first-order chi connectivity index (χ1) is 7.10. The van der Waals surface area contributed by atoms with E-state index in [1.165, 1.54) is 51.4 Å². The van der Waals surface area contributed by atoms with E-state index >= 15 is 0 Å². The molecule has 0 amide bonds. The highest BCUT2D eigenvalue weighted by Crippen LogP contribution is 2.48. The Bertz CT molecular complexity index is 180. The van der Waals surface area contributed by atoms with Crippen LogP contribution in [0.5, 0.6) is 0 Å². The summed E-state index contributed by atoms with van der Waals surface area (Å²) in [5, 5.41) is 0. The molecule has 0 saturated heterocycles. The third kappa shape index (κ3) is 2.57. The number of fused-ring (bicyclic) bond motifs is 6. The van der Waals surface area contributed by atoms with E-state index in [9.17, 15) is 0 Å². The third-order valence-corrected chi connectivity index (χ3v) is 5.35. The Morgan fingerprint density at radius 3 is 1.60 bits per heavy atom. The van der Waals surface area contributed by atoms with Gasteiger partial charge < -0.3 is 0 Å². The van der Waals surface area contributed by atoms with Crippen LogP contribution in [-0.2, 0) is 0 Å². The molecule has 0 atom stereocenters. The SMILES string of the molecule is CC(C)C1(C)CC2CCCC(CCC2)C1. The number of hydrogen-bond acceptors (Lipinski definition) is 0. The molecule has 0 aromatic heterocycles. The second-order valence-corrected chi connectivity index (χ2v) is 6.81. The zero-order valence-electron chi connectivity index (χ0n) is 10.9. The lowest BCUT2D eigenvalue weighted by Gasteiger charge is -2.44. The highest BCUT2D eigenvalue weighted by Gasteiger charge is 2.36. The predicted octanol–water partition coefficient (Wildman–Crippen LogP) is 5.03. The molecule has 88 valence electrons. The molecule has 0 heterocycles. The van der Waals surface area contributed by atoms with Crippen molar-refractivity contribution in [1.82, 2.24) is 0 Å². The topological polar surface area (TPSA) is 0 Å². The summed E-state index contributed by atoms with van der Waals surface area (Å²) >= 11 is 0. The van der Waals surface area contributed by atoms with E-state index in [0.717, 1.165) is 17.8 Å². The van der Waals surface area contributed by atoms with Gasteiger partial charge in [-0.15, -0.1) is 0 Å². The molecule has 3 rings (SSSR count). The average molecular weight is 208 g/mol. The summed E-state index contributed by atoms with van der Waals surface area (Å²) in [5.74, 6) is 2.98. The molecule has 0 nitrogen and oxygen atoms in total. The molecule has 0 heteroatoms. The van der Waals surface area contributed by atoms with Crippen molar-refractivity contribution in [2.45, 2.75) is 72.1 Å². The molecule has 3 fully saturated rings. The van der Waals surface area contributed by atoms with E-state index in [1.807, 2.05) is 0 Å². The maximum atomic E-state index is 2.56. The van der Waals surface area contributed by atoms with E-state index in [2.05, 4.69) is 20.8 Å². The van der Waals surface area contributed by atoms with Gasteiger partial charge in [0.15, 0.2) is 0 Å². The highest BCUT2D eigenvalue weighted by molar-refractivity contribution is 4.87. The van der Waals surface area contributed by atoms with Gasteiger partial charge in [-0.2, -0.15) is 0 Å². The van der Waals surface area contributed by atoms with Crippen LogP contribution < -0.4 is 0 Å². The van der Waals surface area contributed by atoms with Crippen LogP contribution in [0.1, 0.15) is 72.1 Å². The largest absolute Gasteiger partial charge is 0.0623 e. The summed E-state index contributed by atoms with van der Waals surface area (Å²) in [4.78, 5) is 0. The van der Waals surface area contributed by atoms with Crippen LogP contribution in [0.3, 0.4) is 0 Å². The van der Waals surface area contributed by atoms with Gasteiger partial charge in [-0.1, -0.05) is 59.3 Å². The fourth-order valence-corrected chi connectivity index (χ4v) is 3.96. The minimum absolute atomic E-state index is 0.649. The average Bonchev–Trinajstić information content (AvgIpc) is 2.07. The molecule has 0 aliphatic heterocycles. The van der Waals surface area contributed by atoms with Crippen LogP contribution in [0.4, 0.5) is 0 Å². The molecular formula is C15H28. The lowest BCUT2D eigenvalue weighted by atomic mass is 9.62. The second kappa shape index (κ2) is 4.47. The lowest BCUT2D eigenvalue weighted by molar-refractivity contribution is 0.0728. The van der Waals surface area contributed by atoms with Gasteiger partial charge in [-0.25, -0.2) is 0 Å². The van der Waals surface area contributed by atoms with Gasteiger partial charge in [0.25, 0.3) is 0 Å². The number of hydrogen-bond donors (Lipinski definition) is 0. The van der Waals surface area contributed by atoms with Gasteiger partial charge in [-0.05, 0) is 36.0 Å². The molecule has 0 aromatic rings. The quantitative estimate of drug-likeness (QED) is 0.567. The standard InChI is InChI=1S/C15H28/c1-12(2)15(3)10-13-6-4-7-14(11-15)9-5-8-13/h12-14H,4-11H2,1-3H3. The molecule has 0 N–H and O–H groups in total. The van der Waals surface area contributed by atoms with Crippen molar-refractivity contribution in [3.05, 3.63) is 0 Å².